The Labute approximate surface area is 112 Å². The summed E-state index contributed by atoms with van der Waals surface area (Å²) < 4.78 is 0. The van der Waals surface area contributed by atoms with Crippen molar-refractivity contribution < 1.29 is 5.11 Å². The van der Waals surface area contributed by atoms with Gasteiger partial charge in [0.25, 0.3) is 0 Å². The molecule has 0 fully saturated rings. The van der Waals surface area contributed by atoms with E-state index in [0.29, 0.717) is 0 Å². The van der Waals surface area contributed by atoms with Crippen molar-refractivity contribution in [2.45, 2.75) is 32.6 Å². The number of thiazole rings is 1. The largest absolute Gasteiger partial charge is 0.396 e. The van der Waals surface area contributed by atoms with Gasteiger partial charge in [0.05, 0.1) is 11.2 Å². The molecule has 3 heteroatoms. The molecule has 1 heterocycles. The minimum Gasteiger partial charge on any atom is -0.396 e. The van der Waals surface area contributed by atoms with E-state index in [1.54, 1.807) is 11.3 Å². The van der Waals surface area contributed by atoms with Gasteiger partial charge < -0.3 is 5.11 Å². The van der Waals surface area contributed by atoms with Crippen LogP contribution in [0.3, 0.4) is 0 Å². The van der Waals surface area contributed by atoms with Crippen molar-refractivity contribution in [2.75, 3.05) is 6.61 Å². The molecule has 96 valence electrons. The molecule has 1 unspecified atom stereocenters. The zero-order chi connectivity index (χ0) is 13.0. The summed E-state index contributed by atoms with van der Waals surface area (Å²) in [6.45, 7) is 4.35. The van der Waals surface area contributed by atoms with Crippen LogP contribution >= 0.6 is 11.3 Å². The molecular weight excluding hydrogens is 242 g/mol. The monoisotopic (exact) mass is 261 g/mol. The van der Waals surface area contributed by atoms with Gasteiger partial charge in [-0.1, -0.05) is 29.8 Å². The third-order valence-corrected chi connectivity index (χ3v) is 4.29. The first-order valence-corrected chi connectivity index (χ1v) is 7.15. The lowest BCUT2D eigenvalue weighted by atomic mass is 9.93. The van der Waals surface area contributed by atoms with Crippen molar-refractivity contribution in [3.8, 4) is 0 Å². The molecule has 2 rings (SSSR count). The Kier molecular flexibility index (Phi) is 4.50. The van der Waals surface area contributed by atoms with Gasteiger partial charge in [0, 0.05) is 17.4 Å². The first-order valence-electron chi connectivity index (χ1n) is 6.27. The molecule has 1 N–H and O–H groups in total. The molecule has 1 atom stereocenters. The number of aryl methyl sites for hydroxylation is 3. The Morgan fingerprint density at radius 3 is 2.78 bits per heavy atom. The van der Waals surface area contributed by atoms with Crippen LogP contribution in [0, 0.1) is 13.8 Å². The molecular formula is C15H19NOS. The highest BCUT2D eigenvalue weighted by Crippen LogP contribution is 2.24. The first kappa shape index (κ1) is 13.2. The fraction of sp³-hybridized carbons (Fsp3) is 0.400. The zero-order valence-corrected chi connectivity index (χ0v) is 11.7. The molecule has 0 radical (unpaired) electrons. The second kappa shape index (κ2) is 6.12. The summed E-state index contributed by atoms with van der Waals surface area (Å²) >= 11 is 1.71. The standard InChI is InChI=1S/C15H19NOS/c1-11-4-3-5-13(8-11)14(9-17)6-7-15-12(2)16-10-18-15/h3-5,8,10,14,17H,6-7,9H2,1-2H3. The summed E-state index contributed by atoms with van der Waals surface area (Å²) in [4.78, 5) is 5.60. The molecule has 0 bridgehead atoms. The number of hydrogen-bond donors (Lipinski definition) is 1. The predicted octanol–water partition coefficient (Wildman–Crippen LogP) is 3.47. The topological polar surface area (TPSA) is 33.1 Å². The lowest BCUT2D eigenvalue weighted by Gasteiger charge is -2.14. The van der Waals surface area contributed by atoms with Crippen LogP contribution in [0.15, 0.2) is 29.8 Å². The number of rotatable bonds is 5. The SMILES string of the molecule is Cc1cccc(C(CO)CCc2scnc2C)c1. The van der Waals surface area contributed by atoms with Crippen molar-refractivity contribution in [2.24, 2.45) is 0 Å². The van der Waals surface area contributed by atoms with E-state index in [4.69, 9.17) is 0 Å². The average Bonchev–Trinajstić information content (AvgIpc) is 2.76. The van der Waals surface area contributed by atoms with Gasteiger partial charge in [-0.05, 0) is 32.3 Å². The molecule has 18 heavy (non-hydrogen) atoms. The minimum absolute atomic E-state index is 0.210. The predicted molar refractivity (Wildman–Crippen MR) is 76.2 cm³/mol. The first-order chi connectivity index (χ1) is 8.70. The number of hydrogen-bond acceptors (Lipinski definition) is 3. The van der Waals surface area contributed by atoms with Gasteiger partial charge in [-0.25, -0.2) is 4.98 Å². The third kappa shape index (κ3) is 3.18. The summed E-state index contributed by atoms with van der Waals surface area (Å²) in [5, 5.41) is 9.56. The van der Waals surface area contributed by atoms with Crippen LogP contribution in [-0.2, 0) is 6.42 Å². The van der Waals surface area contributed by atoms with E-state index in [0.717, 1.165) is 18.5 Å². The molecule has 0 aliphatic carbocycles. The van der Waals surface area contributed by atoms with E-state index < -0.39 is 0 Å². The normalized spacial score (nSPS) is 12.6. The lowest BCUT2D eigenvalue weighted by Crippen LogP contribution is -2.06. The molecule has 0 spiro atoms. The number of benzene rings is 1. The molecule has 2 nitrogen and oxygen atoms in total. The fourth-order valence-electron chi connectivity index (χ4n) is 2.16. The van der Waals surface area contributed by atoms with Crippen molar-refractivity contribution in [1.82, 2.24) is 4.98 Å². The molecule has 0 saturated heterocycles. The van der Waals surface area contributed by atoms with Gasteiger partial charge in [-0.3, -0.25) is 0 Å². The van der Waals surface area contributed by atoms with Gasteiger partial charge in [-0.2, -0.15) is 0 Å². The van der Waals surface area contributed by atoms with Gasteiger partial charge in [0.15, 0.2) is 0 Å². The maximum Gasteiger partial charge on any atom is 0.0797 e. The molecule has 0 aliphatic heterocycles. The Hall–Kier alpha value is -1.19. The van der Waals surface area contributed by atoms with Gasteiger partial charge in [0.1, 0.15) is 0 Å². The summed E-state index contributed by atoms with van der Waals surface area (Å²) in [7, 11) is 0. The van der Waals surface area contributed by atoms with Crippen LogP contribution in [0.4, 0.5) is 0 Å². The third-order valence-electron chi connectivity index (χ3n) is 3.30. The van der Waals surface area contributed by atoms with Crippen molar-refractivity contribution in [3.05, 3.63) is 51.5 Å². The van der Waals surface area contributed by atoms with Crippen LogP contribution in [-0.4, -0.2) is 16.7 Å². The van der Waals surface area contributed by atoms with Gasteiger partial charge >= 0.3 is 0 Å². The van der Waals surface area contributed by atoms with E-state index in [-0.39, 0.29) is 12.5 Å². The fourth-order valence-corrected chi connectivity index (χ4v) is 2.96. The summed E-state index contributed by atoms with van der Waals surface area (Å²) in [5.41, 5.74) is 5.51. The molecule has 0 amide bonds. The molecule has 1 aromatic carbocycles. The van der Waals surface area contributed by atoms with Crippen molar-refractivity contribution in [1.29, 1.82) is 0 Å². The molecule has 1 aromatic heterocycles. The summed E-state index contributed by atoms with van der Waals surface area (Å²) in [5.74, 6) is 0.228. The smallest absolute Gasteiger partial charge is 0.0797 e. The maximum atomic E-state index is 9.56. The van der Waals surface area contributed by atoms with Gasteiger partial charge in [-0.15, -0.1) is 11.3 Å². The number of nitrogens with zero attached hydrogens (tertiary/aromatic N) is 1. The van der Waals surface area contributed by atoms with E-state index in [1.807, 2.05) is 12.4 Å². The quantitative estimate of drug-likeness (QED) is 0.894. The highest BCUT2D eigenvalue weighted by molar-refractivity contribution is 7.09. The highest BCUT2D eigenvalue weighted by atomic mass is 32.1. The molecule has 0 aliphatic rings. The van der Waals surface area contributed by atoms with Crippen LogP contribution in [0.25, 0.3) is 0 Å². The second-order valence-corrected chi connectivity index (χ2v) is 5.63. The van der Waals surface area contributed by atoms with Crippen LogP contribution in [0.2, 0.25) is 0 Å². The van der Waals surface area contributed by atoms with Crippen LogP contribution in [0.1, 0.15) is 34.0 Å². The van der Waals surface area contributed by atoms with E-state index in [2.05, 4.69) is 36.2 Å². The number of aliphatic hydroxyl groups is 1. The molecule has 0 saturated carbocycles. The van der Waals surface area contributed by atoms with Crippen LogP contribution < -0.4 is 0 Å². The number of aliphatic hydroxyl groups excluding tert-OH is 1. The van der Waals surface area contributed by atoms with Crippen molar-refractivity contribution in [3.63, 3.8) is 0 Å². The Morgan fingerprint density at radius 1 is 1.33 bits per heavy atom. The van der Waals surface area contributed by atoms with E-state index in [1.165, 1.54) is 16.0 Å². The number of aromatic nitrogens is 1. The Bertz CT molecular complexity index is 507. The highest BCUT2D eigenvalue weighted by Gasteiger charge is 2.12. The summed E-state index contributed by atoms with van der Waals surface area (Å²) in [6.07, 6.45) is 1.97. The zero-order valence-electron chi connectivity index (χ0n) is 10.9. The summed E-state index contributed by atoms with van der Waals surface area (Å²) in [6, 6.07) is 8.42. The Morgan fingerprint density at radius 2 is 2.17 bits per heavy atom. The van der Waals surface area contributed by atoms with E-state index >= 15 is 0 Å². The second-order valence-electron chi connectivity index (χ2n) is 4.69. The maximum absolute atomic E-state index is 9.56. The lowest BCUT2D eigenvalue weighted by molar-refractivity contribution is 0.259. The Balaban J connectivity index is 2.04. The van der Waals surface area contributed by atoms with Crippen LogP contribution in [0.5, 0.6) is 0 Å². The average molecular weight is 261 g/mol. The molecule has 2 aromatic rings. The minimum atomic E-state index is 0.210. The van der Waals surface area contributed by atoms with Gasteiger partial charge in [0.2, 0.25) is 0 Å². The van der Waals surface area contributed by atoms with E-state index in [9.17, 15) is 5.11 Å². The van der Waals surface area contributed by atoms with Crippen molar-refractivity contribution >= 4 is 11.3 Å².